The maximum absolute atomic E-state index is 9.77. The van der Waals surface area contributed by atoms with E-state index < -0.39 is 0 Å². The molecule has 2 rings (SSSR count). The quantitative estimate of drug-likeness (QED) is 0.874. The Labute approximate surface area is 100 Å². The van der Waals surface area contributed by atoms with Gasteiger partial charge in [-0.05, 0) is 18.2 Å². The third-order valence-corrected chi connectivity index (χ3v) is 3.73. The van der Waals surface area contributed by atoms with Crippen molar-refractivity contribution in [2.45, 2.75) is 6.54 Å². The van der Waals surface area contributed by atoms with E-state index in [4.69, 9.17) is 4.74 Å². The Balaban J connectivity index is 2.06. The Bertz CT molecular complexity index is 351. The zero-order valence-corrected chi connectivity index (χ0v) is 10.3. The lowest BCUT2D eigenvalue weighted by Crippen LogP contribution is -2.31. The molecular weight excluding hydrogens is 222 g/mol. The van der Waals surface area contributed by atoms with E-state index in [1.165, 1.54) is 11.5 Å². The topological polar surface area (TPSA) is 32.7 Å². The molecule has 0 atom stereocenters. The van der Waals surface area contributed by atoms with E-state index in [1.54, 1.807) is 19.2 Å². The summed E-state index contributed by atoms with van der Waals surface area (Å²) in [4.78, 5) is 2.37. The summed E-state index contributed by atoms with van der Waals surface area (Å²) < 4.78 is 5.17. The standard InChI is InChI=1S/C12H17NO2S/c1-15-11-2-3-12(14)10(8-11)9-13-4-6-16-7-5-13/h2-3,8,14H,4-7,9H2,1H3. The molecule has 1 aromatic carbocycles. The molecule has 1 saturated heterocycles. The summed E-state index contributed by atoms with van der Waals surface area (Å²) in [5.41, 5.74) is 0.950. The van der Waals surface area contributed by atoms with Crippen LogP contribution in [0.4, 0.5) is 0 Å². The number of benzene rings is 1. The van der Waals surface area contributed by atoms with E-state index in [0.29, 0.717) is 5.75 Å². The number of hydrogen-bond donors (Lipinski definition) is 1. The monoisotopic (exact) mass is 239 g/mol. The molecule has 0 unspecified atom stereocenters. The number of phenolic OH excluding ortho intramolecular Hbond substituents is 1. The smallest absolute Gasteiger partial charge is 0.120 e. The highest BCUT2D eigenvalue weighted by atomic mass is 32.2. The Morgan fingerprint density at radius 1 is 1.38 bits per heavy atom. The molecule has 1 aromatic rings. The number of nitrogens with zero attached hydrogens (tertiary/aromatic N) is 1. The van der Waals surface area contributed by atoms with Crippen LogP contribution in [0.5, 0.6) is 11.5 Å². The van der Waals surface area contributed by atoms with Crippen LogP contribution in [0.2, 0.25) is 0 Å². The fraction of sp³-hybridized carbons (Fsp3) is 0.500. The van der Waals surface area contributed by atoms with Crippen molar-refractivity contribution in [3.8, 4) is 11.5 Å². The first-order chi connectivity index (χ1) is 7.79. The molecule has 88 valence electrons. The molecular formula is C12H17NO2S. The van der Waals surface area contributed by atoms with Crippen LogP contribution in [0, 0.1) is 0 Å². The number of methoxy groups -OCH3 is 1. The van der Waals surface area contributed by atoms with Gasteiger partial charge in [0.05, 0.1) is 7.11 Å². The Kier molecular flexibility index (Phi) is 3.96. The van der Waals surface area contributed by atoms with Gasteiger partial charge in [-0.25, -0.2) is 0 Å². The summed E-state index contributed by atoms with van der Waals surface area (Å²) in [6, 6.07) is 5.40. The van der Waals surface area contributed by atoms with E-state index in [1.807, 2.05) is 17.8 Å². The van der Waals surface area contributed by atoms with Crippen molar-refractivity contribution in [2.24, 2.45) is 0 Å². The zero-order valence-electron chi connectivity index (χ0n) is 9.48. The van der Waals surface area contributed by atoms with Crippen molar-refractivity contribution in [1.29, 1.82) is 0 Å². The van der Waals surface area contributed by atoms with Gasteiger partial charge in [-0.3, -0.25) is 4.90 Å². The van der Waals surface area contributed by atoms with Gasteiger partial charge >= 0.3 is 0 Å². The summed E-state index contributed by atoms with van der Waals surface area (Å²) in [5, 5.41) is 9.77. The Morgan fingerprint density at radius 3 is 2.81 bits per heavy atom. The maximum Gasteiger partial charge on any atom is 0.120 e. The first kappa shape index (κ1) is 11.6. The minimum Gasteiger partial charge on any atom is -0.508 e. The third kappa shape index (κ3) is 2.83. The SMILES string of the molecule is COc1ccc(O)c(CN2CCSCC2)c1. The predicted molar refractivity (Wildman–Crippen MR) is 67.3 cm³/mol. The average molecular weight is 239 g/mol. The highest BCUT2D eigenvalue weighted by Crippen LogP contribution is 2.25. The molecule has 3 nitrogen and oxygen atoms in total. The first-order valence-electron chi connectivity index (χ1n) is 5.45. The lowest BCUT2D eigenvalue weighted by Gasteiger charge is -2.26. The van der Waals surface area contributed by atoms with E-state index in [0.717, 1.165) is 30.9 Å². The largest absolute Gasteiger partial charge is 0.508 e. The van der Waals surface area contributed by atoms with Crippen molar-refractivity contribution < 1.29 is 9.84 Å². The van der Waals surface area contributed by atoms with Crippen molar-refractivity contribution in [2.75, 3.05) is 31.7 Å². The molecule has 1 aliphatic rings. The van der Waals surface area contributed by atoms with Crippen molar-refractivity contribution in [1.82, 2.24) is 4.90 Å². The van der Waals surface area contributed by atoms with E-state index >= 15 is 0 Å². The molecule has 1 aliphatic heterocycles. The summed E-state index contributed by atoms with van der Waals surface area (Å²) >= 11 is 1.99. The molecule has 0 radical (unpaired) electrons. The Morgan fingerprint density at radius 2 is 2.12 bits per heavy atom. The number of rotatable bonds is 3. The van der Waals surface area contributed by atoms with Crippen LogP contribution in [-0.4, -0.2) is 41.7 Å². The van der Waals surface area contributed by atoms with Crippen LogP contribution in [-0.2, 0) is 6.54 Å². The van der Waals surface area contributed by atoms with Crippen LogP contribution in [0.15, 0.2) is 18.2 Å². The lowest BCUT2D eigenvalue weighted by atomic mass is 10.1. The molecule has 0 saturated carbocycles. The Hall–Kier alpha value is -0.870. The van der Waals surface area contributed by atoms with E-state index in [2.05, 4.69) is 4.90 Å². The fourth-order valence-electron chi connectivity index (χ4n) is 1.82. The molecule has 16 heavy (non-hydrogen) atoms. The summed E-state index contributed by atoms with van der Waals surface area (Å²) in [6.07, 6.45) is 0. The normalized spacial score (nSPS) is 17.3. The van der Waals surface area contributed by atoms with Gasteiger partial charge < -0.3 is 9.84 Å². The van der Waals surface area contributed by atoms with Gasteiger partial charge in [0.15, 0.2) is 0 Å². The van der Waals surface area contributed by atoms with Gasteiger partial charge in [-0.2, -0.15) is 11.8 Å². The second-order valence-corrected chi connectivity index (χ2v) is 5.11. The minimum atomic E-state index is 0.360. The highest BCUT2D eigenvalue weighted by molar-refractivity contribution is 7.99. The zero-order chi connectivity index (χ0) is 11.4. The van der Waals surface area contributed by atoms with Crippen LogP contribution in [0.3, 0.4) is 0 Å². The maximum atomic E-state index is 9.77. The van der Waals surface area contributed by atoms with E-state index in [9.17, 15) is 5.11 Å². The van der Waals surface area contributed by atoms with Gasteiger partial charge in [-0.1, -0.05) is 0 Å². The highest BCUT2D eigenvalue weighted by Gasteiger charge is 2.13. The van der Waals surface area contributed by atoms with E-state index in [-0.39, 0.29) is 0 Å². The van der Waals surface area contributed by atoms with Crippen LogP contribution < -0.4 is 4.74 Å². The van der Waals surface area contributed by atoms with Crippen molar-refractivity contribution in [3.05, 3.63) is 23.8 Å². The molecule has 0 amide bonds. The van der Waals surface area contributed by atoms with Crippen LogP contribution in [0.1, 0.15) is 5.56 Å². The van der Waals surface area contributed by atoms with Crippen LogP contribution >= 0.6 is 11.8 Å². The predicted octanol–water partition coefficient (Wildman–Crippen LogP) is 1.95. The molecule has 0 bridgehead atoms. The van der Waals surface area contributed by atoms with Crippen molar-refractivity contribution >= 4 is 11.8 Å². The van der Waals surface area contributed by atoms with Crippen molar-refractivity contribution in [3.63, 3.8) is 0 Å². The molecule has 1 N–H and O–H groups in total. The second kappa shape index (κ2) is 5.46. The summed E-state index contributed by atoms with van der Waals surface area (Å²) in [5.74, 6) is 3.54. The van der Waals surface area contributed by atoms with Gasteiger partial charge in [0.1, 0.15) is 11.5 Å². The van der Waals surface area contributed by atoms with Crippen LogP contribution in [0.25, 0.3) is 0 Å². The molecule has 1 fully saturated rings. The van der Waals surface area contributed by atoms with Gasteiger partial charge in [-0.15, -0.1) is 0 Å². The molecule has 1 heterocycles. The molecule has 0 aromatic heterocycles. The van der Waals surface area contributed by atoms with Gasteiger partial charge in [0.25, 0.3) is 0 Å². The number of ether oxygens (including phenoxy) is 1. The number of hydrogen-bond acceptors (Lipinski definition) is 4. The molecule has 0 spiro atoms. The summed E-state index contributed by atoms with van der Waals surface area (Å²) in [6.45, 7) is 3.01. The second-order valence-electron chi connectivity index (χ2n) is 3.88. The van der Waals surface area contributed by atoms with Gasteiger partial charge in [0.2, 0.25) is 0 Å². The summed E-state index contributed by atoms with van der Waals surface area (Å²) in [7, 11) is 1.65. The third-order valence-electron chi connectivity index (χ3n) is 2.78. The number of aromatic hydroxyl groups is 1. The average Bonchev–Trinajstić information content (AvgIpc) is 2.33. The molecule has 0 aliphatic carbocycles. The minimum absolute atomic E-state index is 0.360. The number of phenols is 1. The molecule has 4 heteroatoms. The fourth-order valence-corrected chi connectivity index (χ4v) is 2.79. The number of thioether (sulfide) groups is 1. The van der Waals surface area contributed by atoms with Gasteiger partial charge in [0, 0.05) is 36.7 Å². The first-order valence-corrected chi connectivity index (χ1v) is 6.61. The lowest BCUT2D eigenvalue weighted by molar-refractivity contribution is 0.289.